The van der Waals surface area contributed by atoms with Gasteiger partial charge in [-0.15, -0.1) is 0 Å². The summed E-state index contributed by atoms with van der Waals surface area (Å²) >= 11 is 4.76. The number of anilines is 1. The van der Waals surface area contributed by atoms with Crippen molar-refractivity contribution in [3.05, 3.63) is 24.3 Å². The van der Waals surface area contributed by atoms with Gasteiger partial charge in [-0.1, -0.05) is 0 Å². The van der Waals surface area contributed by atoms with Crippen LogP contribution in [0.2, 0.25) is 0 Å². The summed E-state index contributed by atoms with van der Waals surface area (Å²) in [7, 11) is 0. The number of phenols is 1. The van der Waals surface area contributed by atoms with E-state index in [0.717, 1.165) is 0 Å². The number of aromatic hydroxyl groups is 1. The molecular weight excluding hydrogens is 186 g/mol. The van der Waals surface area contributed by atoms with Crippen LogP contribution in [0, 0.1) is 11.5 Å². The van der Waals surface area contributed by atoms with Crippen LogP contribution >= 0.6 is 12.2 Å². The third kappa shape index (κ3) is 2.97. The fourth-order valence-electron chi connectivity index (χ4n) is 0.758. The summed E-state index contributed by atoms with van der Waals surface area (Å²) in [5, 5.41) is 22.5. The Balaban J connectivity index is 2.60. The van der Waals surface area contributed by atoms with Crippen molar-refractivity contribution in [1.82, 2.24) is 5.32 Å². The number of hydrogen-bond donors (Lipinski definition) is 3. The van der Waals surface area contributed by atoms with Crippen molar-refractivity contribution in [2.24, 2.45) is 0 Å². The van der Waals surface area contributed by atoms with Crippen LogP contribution < -0.4 is 10.6 Å². The van der Waals surface area contributed by atoms with E-state index in [9.17, 15) is 0 Å². The highest BCUT2D eigenvalue weighted by Gasteiger charge is 1.95. The highest BCUT2D eigenvalue weighted by Crippen LogP contribution is 2.13. The molecular formula is C8H7N3OS. The van der Waals surface area contributed by atoms with Gasteiger partial charge in [0.15, 0.2) is 11.3 Å². The lowest BCUT2D eigenvalue weighted by atomic mass is 10.3. The van der Waals surface area contributed by atoms with Crippen molar-refractivity contribution in [3.8, 4) is 11.9 Å². The molecule has 0 aliphatic rings. The Kier molecular flexibility index (Phi) is 3.06. The molecule has 0 aliphatic carbocycles. The lowest BCUT2D eigenvalue weighted by Crippen LogP contribution is -2.23. The highest BCUT2D eigenvalue weighted by atomic mass is 32.1. The molecule has 0 saturated carbocycles. The van der Waals surface area contributed by atoms with Gasteiger partial charge in [0.25, 0.3) is 0 Å². The number of nitriles is 1. The minimum atomic E-state index is 0.185. The zero-order valence-corrected chi connectivity index (χ0v) is 7.43. The number of nitrogens with one attached hydrogen (secondary N) is 2. The molecule has 0 unspecified atom stereocenters. The second-order valence-corrected chi connectivity index (χ2v) is 2.65. The molecule has 1 rings (SSSR count). The predicted molar refractivity (Wildman–Crippen MR) is 53.1 cm³/mol. The Morgan fingerprint density at radius 1 is 1.38 bits per heavy atom. The van der Waals surface area contributed by atoms with Gasteiger partial charge < -0.3 is 10.4 Å². The van der Waals surface area contributed by atoms with Crippen molar-refractivity contribution in [2.45, 2.75) is 0 Å². The van der Waals surface area contributed by atoms with Gasteiger partial charge in [0.1, 0.15) is 5.75 Å². The Morgan fingerprint density at radius 3 is 2.54 bits per heavy atom. The molecule has 66 valence electrons. The standard InChI is InChI=1S/C8H7N3OS/c9-5-10-8(13)11-6-1-3-7(12)4-2-6/h1-4,12H,(H2,10,11,13). The van der Waals surface area contributed by atoms with Crippen molar-refractivity contribution < 1.29 is 5.11 Å². The molecule has 0 saturated heterocycles. The maximum absolute atomic E-state index is 8.97. The molecule has 1 aromatic carbocycles. The van der Waals surface area contributed by atoms with E-state index in [1.54, 1.807) is 18.3 Å². The van der Waals surface area contributed by atoms with E-state index >= 15 is 0 Å². The van der Waals surface area contributed by atoms with Crippen LogP contribution in [0.3, 0.4) is 0 Å². The summed E-state index contributed by atoms with van der Waals surface area (Å²) < 4.78 is 0. The molecule has 13 heavy (non-hydrogen) atoms. The maximum Gasteiger partial charge on any atom is 0.184 e. The van der Waals surface area contributed by atoms with Gasteiger partial charge in [-0.05, 0) is 36.5 Å². The highest BCUT2D eigenvalue weighted by molar-refractivity contribution is 7.80. The third-order valence-corrected chi connectivity index (χ3v) is 1.50. The third-order valence-electron chi connectivity index (χ3n) is 1.29. The molecule has 3 N–H and O–H groups in total. The van der Waals surface area contributed by atoms with Crippen LogP contribution in [-0.2, 0) is 0 Å². The van der Waals surface area contributed by atoms with E-state index in [4.69, 9.17) is 22.6 Å². The first kappa shape index (κ1) is 9.29. The van der Waals surface area contributed by atoms with Gasteiger partial charge in [0.05, 0.1) is 0 Å². The Morgan fingerprint density at radius 2 is 2.00 bits per heavy atom. The largest absolute Gasteiger partial charge is 0.508 e. The SMILES string of the molecule is N#CNC(=S)Nc1ccc(O)cc1. The van der Waals surface area contributed by atoms with Crippen LogP contribution in [0.5, 0.6) is 5.75 Å². The summed E-state index contributed by atoms with van der Waals surface area (Å²) in [6.07, 6.45) is 1.70. The fourth-order valence-corrected chi connectivity index (χ4v) is 0.921. The van der Waals surface area contributed by atoms with E-state index in [1.165, 1.54) is 12.1 Å². The van der Waals surface area contributed by atoms with Crippen LogP contribution in [0.15, 0.2) is 24.3 Å². The van der Waals surface area contributed by atoms with Crippen LogP contribution in [0.25, 0.3) is 0 Å². The lowest BCUT2D eigenvalue weighted by Gasteiger charge is -2.04. The van der Waals surface area contributed by atoms with Crippen molar-refractivity contribution in [3.63, 3.8) is 0 Å². The van der Waals surface area contributed by atoms with Crippen molar-refractivity contribution >= 4 is 23.0 Å². The molecule has 0 fully saturated rings. The maximum atomic E-state index is 8.97. The normalized spacial score (nSPS) is 8.54. The number of nitrogens with zero attached hydrogens (tertiary/aromatic N) is 1. The monoisotopic (exact) mass is 193 g/mol. The van der Waals surface area contributed by atoms with Gasteiger partial charge in [-0.25, -0.2) is 0 Å². The number of hydrogen-bond acceptors (Lipinski definition) is 3. The fraction of sp³-hybridized carbons (Fsp3) is 0. The van der Waals surface area contributed by atoms with Crippen molar-refractivity contribution in [2.75, 3.05) is 5.32 Å². The summed E-state index contributed by atoms with van der Waals surface area (Å²) in [6, 6.07) is 6.36. The minimum absolute atomic E-state index is 0.185. The van der Waals surface area contributed by atoms with E-state index in [-0.39, 0.29) is 10.9 Å². The van der Waals surface area contributed by atoms with Gasteiger partial charge in [-0.2, -0.15) is 5.26 Å². The Hall–Kier alpha value is -1.80. The molecule has 1 aromatic rings. The van der Waals surface area contributed by atoms with E-state index in [2.05, 4.69) is 10.6 Å². The van der Waals surface area contributed by atoms with E-state index in [1.807, 2.05) is 0 Å². The molecule has 0 amide bonds. The number of phenolic OH excluding ortho intramolecular Hbond substituents is 1. The molecule has 0 spiro atoms. The summed E-state index contributed by atoms with van der Waals surface area (Å²) in [4.78, 5) is 0. The molecule has 0 aromatic heterocycles. The zero-order valence-electron chi connectivity index (χ0n) is 6.61. The average molecular weight is 193 g/mol. The van der Waals surface area contributed by atoms with Gasteiger partial charge in [0.2, 0.25) is 0 Å². The average Bonchev–Trinajstić information content (AvgIpc) is 2.09. The first-order valence-electron chi connectivity index (χ1n) is 3.47. The first-order chi connectivity index (χ1) is 6.22. The van der Waals surface area contributed by atoms with Crippen LogP contribution in [0.1, 0.15) is 0 Å². The quantitative estimate of drug-likeness (QED) is 0.270. The summed E-state index contributed by atoms with van der Waals surface area (Å²) in [5.74, 6) is 0.185. The molecule has 0 heterocycles. The van der Waals surface area contributed by atoms with Gasteiger partial charge in [0, 0.05) is 5.69 Å². The summed E-state index contributed by atoms with van der Waals surface area (Å²) in [5.41, 5.74) is 0.713. The van der Waals surface area contributed by atoms with Crippen molar-refractivity contribution in [1.29, 1.82) is 5.26 Å². The second kappa shape index (κ2) is 4.28. The van der Waals surface area contributed by atoms with E-state index < -0.39 is 0 Å². The first-order valence-corrected chi connectivity index (χ1v) is 3.88. The number of thiocarbonyl (C=S) groups is 1. The predicted octanol–water partition coefficient (Wildman–Crippen LogP) is 1.16. The second-order valence-electron chi connectivity index (χ2n) is 2.24. The Labute approximate surface area is 80.8 Å². The smallest absolute Gasteiger partial charge is 0.184 e. The molecule has 0 atom stereocenters. The number of rotatable bonds is 1. The summed E-state index contributed by atoms with van der Waals surface area (Å²) in [6.45, 7) is 0. The molecule has 5 heteroatoms. The Bertz CT molecular complexity index is 341. The molecule has 0 bridgehead atoms. The molecule has 0 radical (unpaired) electrons. The van der Waals surface area contributed by atoms with Crippen LogP contribution in [-0.4, -0.2) is 10.2 Å². The lowest BCUT2D eigenvalue weighted by molar-refractivity contribution is 0.475. The minimum Gasteiger partial charge on any atom is -0.508 e. The van der Waals surface area contributed by atoms with Gasteiger partial charge in [-0.3, -0.25) is 5.32 Å². The molecule has 0 aliphatic heterocycles. The topological polar surface area (TPSA) is 68.1 Å². The molecule has 4 nitrogen and oxygen atoms in total. The van der Waals surface area contributed by atoms with Gasteiger partial charge >= 0.3 is 0 Å². The van der Waals surface area contributed by atoms with Crippen LogP contribution in [0.4, 0.5) is 5.69 Å². The zero-order chi connectivity index (χ0) is 9.68. The van der Waals surface area contributed by atoms with E-state index in [0.29, 0.717) is 5.69 Å². The number of benzene rings is 1.